The third kappa shape index (κ3) is 8.41. The van der Waals surface area contributed by atoms with Gasteiger partial charge in [-0.15, -0.1) is 0 Å². The fraction of sp³-hybridized carbons (Fsp3) is 0.556. The van der Waals surface area contributed by atoms with Crippen LogP contribution in [0.1, 0.15) is 12.8 Å². The predicted octanol–water partition coefficient (Wildman–Crippen LogP) is 2.03. The Hall–Kier alpha value is -1.50. The number of unbranched alkanes of at least 4 members (excludes halogenated alkanes) is 1. The van der Waals surface area contributed by atoms with Crippen LogP contribution in [0.5, 0.6) is 0 Å². The molecule has 0 amide bonds. The highest BCUT2D eigenvalue weighted by Crippen LogP contribution is 1.92. The maximum absolute atomic E-state index is 10.4. The quantitative estimate of drug-likeness (QED) is 0.283. The van der Waals surface area contributed by atoms with Crippen LogP contribution >= 0.6 is 0 Å². The number of ether oxygens (including phenoxy) is 2. The van der Waals surface area contributed by atoms with E-state index in [0.717, 1.165) is 12.8 Å². The van der Waals surface area contributed by atoms with Crippen LogP contribution in [-0.4, -0.2) is 26.4 Å². The molecule has 13 heavy (non-hydrogen) atoms. The SMILES string of the molecule is [C-]#[N+]CCC/C=C/COC(=O)OC. The average molecular weight is 183 g/mol. The van der Waals surface area contributed by atoms with Gasteiger partial charge in [-0.25, -0.2) is 11.4 Å². The second-order valence-electron chi connectivity index (χ2n) is 2.26. The van der Waals surface area contributed by atoms with Crippen molar-refractivity contribution in [2.45, 2.75) is 12.8 Å². The minimum absolute atomic E-state index is 0.227. The van der Waals surface area contributed by atoms with Gasteiger partial charge in [0.1, 0.15) is 6.61 Å². The number of carbonyl (C=O) groups is 1. The van der Waals surface area contributed by atoms with E-state index < -0.39 is 6.16 Å². The van der Waals surface area contributed by atoms with Gasteiger partial charge in [0, 0.05) is 6.42 Å². The molecule has 4 heteroatoms. The monoisotopic (exact) mass is 183 g/mol. The second-order valence-corrected chi connectivity index (χ2v) is 2.26. The standard InChI is InChI=1S/C9H13NO3/c1-10-7-5-3-4-6-8-13-9(11)12-2/h4,6H,3,5,7-8H2,2H3/b6-4+. The van der Waals surface area contributed by atoms with Gasteiger partial charge in [-0.05, 0) is 6.42 Å². The summed E-state index contributed by atoms with van der Waals surface area (Å²) in [7, 11) is 1.27. The van der Waals surface area contributed by atoms with Gasteiger partial charge >= 0.3 is 6.16 Å². The molecule has 4 nitrogen and oxygen atoms in total. The van der Waals surface area contributed by atoms with Crippen molar-refractivity contribution in [3.05, 3.63) is 23.6 Å². The molecule has 0 aliphatic rings. The first kappa shape index (κ1) is 11.5. The molecule has 0 spiro atoms. The van der Waals surface area contributed by atoms with Crippen LogP contribution in [0, 0.1) is 6.57 Å². The van der Waals surface area contributed by atoms with Crippen LogP contribution in [0.4, 0.5) is 4.79 Å². The molecule has 0 atom stereocenters. The van der Waals surface area contributed by atoms with Crippen molar-refractivity contribution < 1.29 is 14.3 Å². The van der Waals surface area contributed by atoms with Gasteiger partial charge in [0.05, 0.1) is 7.11 Å². The van der Waals surface area contributed by atoms with Crippen molar-refractivity contribution in [1.29, 1.82) is 0 Å². The summed E-state index contributed by atoms with van der Waals surface area (Å²) in [6.45, 7) is 7.29. The number of nitrogens with zero attached hydrogens (tertiary/aromatic N) is 1. The minimum atomic E-state index is -0.675. The molecule has 0 aromatic rings. The van der Waals surface area contributed by atoms with E-state index in [1.165, 1.54) is 7.11 Å². The molecule has 0 bridgehead atoms. The van der Waals surface area contributed by atoms with E-state index in [9.17, 15) is 4.79 Å². The summed E-state index contributed by atoms with van der Waals surface area (Å²) in [6.07, 6.45) is 4.63. The number of allylic oxidation sites excluding steroid dienone is 1. The Morgan fingerprint density at radius 1 is 1.54 bits per heavy atom. The minimum Gasteiger partial charge on any atom is -0.438 e. The highest BCUT2D eigenvalue weighted by Gasteiger charge is 1.95. The molecule has 72 valence electrons. The molecule has 0 aromatic carbocycles. The molecule has 0 aliphatic carbocycles. The van der Waals surface area contributed by atoms with Crippen LogP contribution in [-0.2, 0) is 9.47 Å². The molecular weight excluding hydrogens is 170 g/mol. The number of methoxy groups -OCH3 is 1. The zero-order chi connectivity index (χ0) is 9.94. The smallest absolute Gasteiger partial charge is 0.438 e. The molecule has 0 N–H and O–H groups in total. The van der Waals surface area contributed by atoms with Gasteiger partial charge < -0.3 is 14.3 Å². The summed E-state index contributed by atoms with van der Waals surface area (Å²) >= 11 is 0. The molecule has 0 aromatic heterocycles. The van der Waals surface area contributed by atoms with E-state index >= 15 is 0 Å². The average Bonchev–Trinajstić information content (AvgIpc) is 2.16. The third-order valence-corrected chi connectivity index (χ3v) is 1.27. The first-order chi connectivity index (χ1) is 6.31. The van der Waals surface area contributed by atoms with E-state index in [1.807, 2.05) is 6.08 Å². The van der Waals surface area contributed by atoms with E-state index in [1.54, 1.807) is 6.08 Å². The van der Waals surface area contributed by atoms with E-state index in [2.05, 4.69) is 14.3 Å². The lowest BCUT2D eigenvalue weighted by atomic mass is 10.3. The fourth-order valence-corrected chi connectivity index (χ4v) is 0.649. The van der Waals surface area contributed by atoms with Crippen molar-refractivity contribution >= 4 is 6.16 Å². The van der Waals surface area contributed by atoms with Gasteiger partial charge in [-0.2, -0.15) is 0 Å². The lowest BCUT2D eigenvalue weighted by Crippen LogP contribution is -2.03. The van der Waals surface area contributed by atoms with Gasteiger partial charge in [0.15, 0.2) is 0 Å². The zero-order valence-electron chi connectivity index (χ0n) is 7.66. The first-order valence-electron chi connectivity index (χ1n) is 4.00. The molecule has 0 rings (SSSR count). The summed E-state index contributed by atoms with van der Waals surface area (Å²) in [4.78, 5) is 13.6. The second kappa shape index (κ2) is 8.60. The maximum Gasteiger partial charge on any atom is 0.508 e. The normalized spacial score (nSPS) is 9.54. The highest BCUT2D eigenvalue weighted by molar-refractivity contribution is 5.59. The summed E-state index contributed by atoms with van der Waals surface area (Å²) in [6, 6.07) is 0. The van der Waals surface area contributed by atoms with Crippen molar-refractivity contribution in [3.63, 3.8) is 0 Å². The van der Waals surface area contributed by atoms with Crippen LogP contribution in [0.25, 0.3) is 4.85 Å². The Morgan fingerprint density at radius 3 is 2.92 bits per heavy atom. The molecule has 0 fully saturated rings. The van der Waals surface area contributed by atoms with Crippen molar-refractivity contribution in [2.24, 2.45) is 0 Å². The van der Waals surface area contributed by atoms with Gasteiger partial charge in [-0.3, -0.25) is 0 Å². The zero-order valence-corrected chi connectivity index (χ0v) is 7.66. The van der Waals surface area contributed by atoms with Gasteiger partial charge in [0.25, 0.3) is 0 Å². The fourth-order valence-electron chi connectivity index (χ4n) is 0.649. The van der Waals surface area contributed by atoms with Crippen LogP contribution in [0.15, 0.2) is 12.2 Å². The molecule has 0 saturated heterocycles. The lowest BCUT2D eigenvalue weighted by molar-refractivity contribution is 0.0817. The number of carbonyl (C=O) groups excluding carboxylic acids is 1. The van der Waals surface area contributed by atoms with Crippen LogP contribution in [0.2, 0.25) is 0 Å². The molecule has 0 aliphatic heterocycles. The number of hydrogen-bond donors (Lipinski definition) is 0. The summed E-state index contributed by atoms with van der Waals surface area (Å²) in [5.74, 6) is 0. The van der Waals surface area contributed by atoms with Crippen molar-refractivity contribution in [1.82, 2.24) is 0 Å². The van der Waals surface area contributed by atoms with Crippen LogP contribution < -0.4 is 0 Å². The van der Waals surface area contributed by atoms with Crippen molar-refractivity contribution in [2.75, 3.05) is 20.3 Å². The molecular formula is C9H13NO3. The lowest BCUT2D eigenvalue weighted by Gasteiger charge is -1.97. The molecule has 0 unspecified atom stereocenters. The Balaban J connectivity index is 3.23. The van der Waals surface area contributed by atoms with Gasteiger partial charge in [-0.1, -0.05) is 12.2 Å². The number of rotatable bonds is 5. The van der Waals surface area contributed by atoms with E-state index in [0.29, 0.717) is 6.54 Å². The summed E-state index contributed by atoms with van der Waals surface area (Å²) < 4.78 is 8.85. The first-order valence-corrected chi connectivity index (χ1v) is 4.00. The largest absolute Gasteiger partial charge is 0.508 e. The van der Waals surface area contributed by atoms with E-state index in [4.69, 9.17) is 6.57 Å². The maximum atomic E-state index is 10.4. The number of hydrogen-bond acceptors (Lipinski definition) is 3. The predicted molar refractivity (Wildman–Crippen MR) is 48.2 cm³/mol. The molecule has 0 radical (unpaired) electrons. The van der Waals surface area contributed by atoms with Crippen LogP contribution in [0.3, 0.4) is 0 Å². The summed E-state index contributed by atoms with van der Waals surface area (Å²) in [5, 5.41) is 0. The topological polar surface area (TPSA) is 39.9 Å². The highest BCUT2D eigenvalue weighted by atomic mass is 16.7. The molecule has 0 saturated carbocycles. The van der Waals surface area contributed by atoms with E-state index in [-0.39, 0.29) is 6.61 Å². The van der Waals surface area contributed by atoms with Gasteiger partial charge in [0.2, 0.25) is 6.54 Å². The summed E-state index contributed by atoms with van der Waals surface area (Å²) in [5.41, 5.74) is 0. The Morgan fingerprint density at radius 2 is 2.31 bits per heavy atom. The Bertz CT molecular complexity index is 205. The Kier molecular flexibility index (Phi) is 7.60. The third-order valence-electron chi connectivity index (χ3n) is 1.27. The Labute approximate surface area is 78.0 Å². The molecule has 0 heterocycles. The van der Waals surface area contributed by atoms with Crippen molar-refractivity contribution in [3.8, 4) is 0 Å².